The van der Waals surface area contributed by atoms with Gasteiger partial charge >= 0.3 is 0 Å². The number of hydrogen-bond acceptors (Lipinski definition) is 0. The molecule has 0 bridgehead atoms. The van der Waals surface area contributed by atoms with Gasteiger partial charge in [-0.15, -0.1) is 0 Å². The molecule has 0 N–H and O–H groups in total. The summed E-state index contributed by atoms with van der Waals surface area (Å²) in [5.41, 5.74) is 7.75. The second-order valence-electron chi connectivity index (χ2n) is 11.0. The lowest BCUT2D eigenvalue weighted by molar-refractivity contribution is 0.397. The Hall–Kier alpha value is -1.60. The van der Waals surface area contributed by atoms with Crippen molar-refractivity contribution in [2.45, 2.75) is 116 Å². The van der Waals surface area contributed by atoms with Crippen molar-refractivity contribution in [3.63, 3.8) is 0 Å². The van der Waals surface area contributed by atoms with Crippen molar-refractivity contribution in [3.05, 3.63) is 69.7 Å². The minimum absolute atomic E-state index is 0.152. The third kappa shape index (κ3) is 5.71. The second-order valence-corrected chi connectivity index (χ2v) is 11.8. The molecule has 1 aliphatic rings. The lowest BCUT2D eigenvalue weighted by atomic mass is 9.70. The smallest absolute Gasteiger partial charge is 0.0257 e. The molecule has 0 unspecified atom stereocenters. The summed E-state index contributed by atoms with van der Waals surface area (Å²) in [7, 11) is 0. The monoisotopic (exact) mass is 532 g/mol. The van der Waals surface area contributed by atoms with Crippen molar-refractivity contribution in [1.82, 2.24) is 0 Å². The minimum Gasteiger partial charge on any atom is -0.0654 e. The molecule has 0 radical (unpaired) electrons. The fourth-order valence-corrected chi connectivity index (χ4v) is 7.07. The first kappa shape index (κ1) is 26.5. The van der Waals surface area contributed by atoms with Crippen LogP contribution in [0.25, 0.3) is 21.9 Å². The van der Waals surface area contributed by atoms with Gasteiger partial charge in [0.15, 0.2) is 0 Å². The van der Waals surface area contributed by atoms with E-state index < -0.39 is 0 Å². The highest BCUT2D eigenvalue weighted by Gasteiger charge is 2.43. The van der Waals surface area contributed by atoms with Crippen LogP contribution in [-0.2, 0) is 5.41 Å². The molecule has 0 atom stereocenters. The van der Waals surface area contributed by atoms with Crippen molar-refractivity contribution >= 4 is 26.7 Å². The predicted octanol–water partition coefficient (Wildman–Crippen LogP) is 11.7. The van der Waals surface area contributed by atoms with E-state index in [1.54, 1.807) is 11.1 Å². The largest absolute Gasteiger partial charge is 0.0654 e. The van der Waals surface area contributed by atoms with Gasteiger partial charge in [0.1, 0.15) is 0 Å². The van der Waals surface area contributed by atoms with E-state index >= 15 is 0 Å². The molecule has 0 saturated carbocycles. The summed E-state index contributed by atoms with van der Waals surface area (Å²) in [6.07, 6.45) is 18.9. The highest BCUT2D eigenvalue weighted by Crippen LogP contribution is 2.57. The fourth-order valence-electron chi connectivity index (χ4n) is 6.49. The van der Waals surface area contributed by atoms with Crippen LogP contribution < -0.4 is 0 Å². The molecule has 0 nitrogen and oxygen atoms in total. The van der Waals surface area contributed by atoms with Crippen LogP contribution in [0.15, 0.2) is 53.0 Å². The van der Waals surface area contributed by atoms with Gasteiger partial charge in [-0.3, -0.25) is 0 Å². The maximum Gasteiger partial charge on any atom is 0.0257 e. The van der Waals surface area contributed by atoms with Crippen LogP contribution in [0.5, 0.6) is 0 Å². The first-order valence-corrected chi connectivity index (χ1v) is 15.2. The van der Waals surface area contributed by atoms with Gasteiger partial charge < -0.3 is 0 Å². The maximum absolute atomic E-state index is 3.98. The standard InChI is InChI=1S/C34H45Br/c1-4-6-8-10-12-16-22-34(23-17-13-11-9-7-5-2)30-24-26(3)20-21-29(30)33-28-19-15-14-18-27(28)32(35)25-31(33)34/h14-15,18-21,24-25H,4-13,16-17,22-23H2,1-3H3. The summed E-state index contributed by atoms with van der Waals surface area (Å²) in [5, 5.41) is 2.75. The molecule has 0 heterocycles. The van der Waals surface area contributed by atoms with E-state index in [0.29, 0.717) is 0 Å². The Morgan fingerprint density at radius 1 is 0.629 bits per heavy atom. The molecule has 1 heteroatoms. The Morgan fingerprint density at radius 2 is 1.20 bits per heavy atom. The molecule has 3 aromatic rings. The van der Waals surface area contributed by atoms with Crippen molar-refractivity contribution < 1.29 is 0 Å². The van der Waals surface area contributed by atoms with E-state index in [0.717, 1.165) is 0 Å². The second kappa shape index (κ2) is 12.6. The summed E-state index contributed by atoms with van der Waals surface area (Å²) in [5.74, 6) is 0. The van der Waals surface area contributed by atoms with Crippen LogP contribution >= 0.6 is 15.9 Å². The molecule has 0 aromatic heterocycles. The Balaban J connectivity index is 1.73. The lowest BCUT2D eigenvalue weighted by Gasteiger charge is -2.33. The zero-order valence-corrected chi connectivity index (χ0v) is 24.0. The first-order chi connectivity index (χ1) is 17.1. The van der Waals surface area contributed by atoms with Crippen LogP contribution in [0, 0.1) is 6.92 Å². The summed E-state index contributed by atoms with van der Waals surface area (Å²) in [6, 6.07) is 18.8. The van der Waals surface area contributed by atoms with Gasteiger partial charge in [0.25, 0.3) is 0 Å². The Morgan fingerprint density at radius 3 is 1.83 bits per heavy atom. The zero-order valence-electron chi connectivity index (χ0n) is 22.4. The molecule has 3 aromatic carbocycles. The highest BCUT2D eigenvalue weighted by atomic mass is 79.9. The van der Waals surface area contributed by atoms with Gasteiger partial charge in [0.05, 0.1) is 0 Å². The van der Waals surface area contributed by atoms with E-state index in [4.69, 9.17) is 0 Å². The molecule has 1 aliphatic carbocycles. The number of rotatable bonds is 14. The quantitative estimate of drug-likeness (QED) is 0.181. The number of halogens is 1. The van der Waals surface area contributed by atoms with Crippen molar-refractivity contribution in [3.8, 4) is 11.1 Å². The van der Waals surface area contributed by atoms with E-state index in [2.05, 4.69) is 85.2 Å². The third-order valence-corrected chi connectivity index (χ3v) is 9.04. The lowest BCUT2D eigenvalue weighted by Crippen LogP contribution is -2.25. The average molecular weight is 534 g/mol. The van der Waals surface area contributed by atoms with Gasteiger partial charge in [-0.1, -0.05) is 155 Å². The van der Waals surface area contributed by atoms with Gasteiger partial charge in [-0.2, -0.15) is 0 Å². The maximum atomic E-state index is 3.98. The van der Waals surface area contributed by atoms with Crippen molar-refractivity contribution in [2.24, 2.45) is 0 Å². The average Bonchev–Trinajstić information content (AvgIpc) is 3.12. The highest BCUT2D eigenvalue weighted by molar-refractivity contribution is 9.10. The van der Waals surface area contributed by atoms with E-state index in [1.807, 2.05) is 0 Å². The van der Waals surface area contributed by atoms with E-state index in [-0.39, 0.29) is 5.41 Å². The molecule has 0 spiro atoms. The SMILES string of the molecule is CCCCCCCCC1(CCCCCCCC)c2cc(C)ccc2-c2c1cc(Br)c1ccccc21. The van der Waals surface area contributed by atoms with Gasteiger partial charge in [-0.25, -0.2) is 0 Å². The Kier molecular flexibility index (Phi) is 9.51. The summed E-state index contributed by atoms with van der Waals surface area (Å²) >= 11 is 3.98. The summed E-state index contributed by atoms with van der Waals surface area (Å²) in [6.45, 7) is 6.90. The van der Waals surface area contributed by atoms with Crippen LogP contribution in [0.1, 0.15) is 120 Å². The zero-order chi connectivity index (χ0) is 24.7. The third-order valence-electron chi connectivity index (χ3n) is 8.38. The van der Waals surface area contributed by atoms with Crippen LogP contribution in [0.3, 0.4) is 0 Å². The number of hydrogen-bond donors (Lipinski definition) is 0. The topological polar surface area (TPSA) is 0 Å². The van der Waals surface area contributed by atoms with Gasteiger partial charge in [0, 0.05) is 9.89 Å². The number of aryl methyl sites for hydroxylation is 1. The normalized spacial score (nSPS) is 13.8. The fraction of sp³-hybridized carbons (Fsp3) is 0.529. The Bertz CT molecular complexity index is 1090. The summed E-state index contributed by atoms with van der Waals surface area (Å²) < 4.78 is 1.26. The molecule has 4 rings (SSSR count). The Labute approximate surface area is 223 Å². The van der Waals surface area contributed by atoms with Crippen LogP contribution in [0.4, 0.5) is 0 Å². The van der Waals surface area contributed by atoms with Crippen LogP contribution in [-0.4, -0.2) is 0 Å². The van der Waals surface area contributed by atoms with Gasteiger partial charge in [-0.05, 0) is 58.9 Å². The van der Waals surface area contributed by atoms with Crippen LogP contribution in [0.2, 0.25) is 0 Å². The first-order valence-electron chi connectivity index (χ1n) is 14.5. The predicted molar refractivity (Wildman–Crippen MR) is 159 cm³/mol. The molecular weight excluding hydrogens is 488 g/mol. The molecular formula is C34H45Br. The molecule has 0 saturated heterocycles. The number of fused-ring (bicyclic) bond motifs is 5. The van der Waals surface area contributed by atoms with E-state index in [1.165, 1.54) is 122 Å². The van der Waals surface area contributed by atoms with Gasteiger partial charge in [0.2, 0.25) is 0 Å². The molecule has 188 valence electrons. The van der Waals surface area contributed by atoms with E-state index in [9.17, 15) is 0 Å². The molecule has 0 fully saturated rings. The summed E-state index contributed by atoms with van der Waals surface area (Å²) in [4.78, 5) is 0. The number of benzene rings is 3. The molecule has 35 heavy (non-hydrogen) atoms. The molecule has 0 amide bonds. The van der Waals surface area contributed by atoms with Crippen molar-refractivity contribution in [1.29, 1.82) is 0 Å². The van der Waals surface area contributed by atoms with Crippen molar-refractivity contribution in [2.75, 3.05) is 0 Å². The minimum atomic E-state index is 0.152. The molecule has 0 aliphatic heterocycles. The number of unbranched alkanes of at least 4 members (excludes halogenated alkanes) is 10.